The zero-order valence-corrected chi connectivity index (χ0v) is 18.2. The summed E-state index contributed by atoms with van der Waals surface area (Å²) in [4.78, 5) is 14.9. The first-order chi connectivity index (χ1) is 15.7. The average molecular weight is 422 g/mol. The van der Waals surface area contributed by atoms with Gasteiger partial charge >= 0.3 is 5.97 Å². The van der Waals surface area contributed by atoms with E-state index in [0.717, 1.165) is 29.9 Å². The number of methoxy groups -OCH3 is 1. The number of ether oxygens (including phenoxy) is 1. The number of hydrogen-bond acceptors (Lipinski definition) is 3. The van der Waals surface area contributed by atoms with Gasteiger partial charge in [0.1, 0.15) is 5.92 Å². The summed E-state index contributed by atoms with van der Waals surface area (Å²) >= 11 is 0. The van der Waals surface area contributed by atoms with Crippen molar-refractivity contribution in [2.45, 2.75) is 19.0 Å². The third kappa shape index (κ3) is 5.25. The molecule has 0 spiro atoms. The van der Waals surface area contributed by atoms with Crippen LogP contribution >= 0.6 is 0 Å². The van der Waals surface area contributed by atoms with Crippen LogP contribution in [-0.2, 0) is 22.6 Å². The topological polar surface area (TPSA) is 29.5 Å². The molecule has 160 valence electrons. The van der Waals surface area contributed by atoms with Crippen LogP contribution in [0.25, 0.3) is 0 Å². The van der Waals surface area contributed by atoms with Crippen molar-refractivity contribution in [1.29, 1.82) is 0 Å². The number of esters is 1. The lowest BCUT2D eigenvalue weighted by molar-refractivity contribution is -0.141. The molecular formula is C29H27NO2. The number of carbonyl (C=O) groups is 1. The Hall–Kier alpha value is -3.85. The van der Waals surface area contributed by atoms with Crippen LogP contribution < -0.4 is 4.90 Å². The fourth-order valence-electron chi connectivity index (χ4n) is 3.95. The molecule has 1 unspecified atom stereocenters. The molecule has 3 nitrogen and oxygen atoms in total. The highest BCUT2D eigenvalue weighted by Crippen LogP contribution is 2.29. The molecule has 0 aliphatic carbocycles. The van der Waals surface area contributed by atoms with Crippen LogP contribution in [0.15, 0.2) is 115 Å². The Labute approximate surface area is 189 Å². The predicted octanol–water partition coefficient (Wildman–Crippen LogP) is 6.20. The zero-order chi connectivity index (χ0) is 22.2. The third-order valence-corrected chi connectivity index (χ3v) is 5.59. The van der Waals surface area contributed by atoms with Gasteiger partial charge in [0.25, 0.3) is 0 Å². The van der Waals surface area contributed by atoms with Crippen molar-refractivity contribution in [3.8, 4) is 0 Å². The van der Waals surface area contributed by atoms with E-state index in [0.29, 0.717) is 0 Å². The Kier molecular flexibility index (Phi) is 6.98. The lowest BCUT2D eigenvalue weighted by Crippen LogP contribution is -2.22. The molecule has 0 N–H and O–H groups in total. The minimum absolute atomic E-state index is 0.255. The monoisotopic (exact) mass is 421 g/mol. The van der Waals surface area contributed by atoms with Gasteiger partial charge < -0.3 is 9.64 Å². The van der Waals surface area contributed by atoms with Gasteiger partial charge in [-0.3, -0.25) is 4.79 Å². The molecule has 0 aromatic heterocycles. The standard InChI is InChI=1S/C29H27NO2/c1-32-29(31)28(25-15-9-4-10-16-25)26-17-19-27(20-18-26)30(21-23-11-5-2-6-12-23)22-24-13-7-3-8-14-24/h2-20,28H,21-22H2,1H3. The van der Waals surface area contributed by atoms with Crippen LogP contribution in [0.2, 0.25) is 0 Å². The maximum atomic E-state index is 12.6. The van der Waals surface area contributed by atoms with E-state index in [4.69, 9.17) is 4.74 Å². The molecule has 0 aliphatic heterocycles. The predicted molar refractivity (Wildman–Crippen MR) is 130 cm³/mol. The molecule has 0 amide bonds. The largest absolute Gasteiger partial charge is 0.468 e. The van der Waals surface area contributed by atoms with E-state index in [1.54, 1.807) is 0 Å². The van der Waals surface area contributed by atoms with Gasteiger partial charge in [0.2, 0.25) is 0 Å². The first kappa shape index (κ1) is 21.4. The molecule has 0 heterocycles. The molecule has 0 saturated heterocycles. The van der Waals surface area contributed by atoms with E-state index in [2.05, 4.69) is 65.6 Å². The number of hydrogen-bond donors (Lipinski definition) is 0. The highest BCUT2D eigenvalue weighted by molar-refractivity contribution is 5.82. The second kappa shape index (κ2) is 10.5. The number of nitrogens with zero attached hydrogens (tertiary/aromatic N) is 1. The van der Waals surface area contributed by atoms with Crippen LogP contribution in [0, 0.1) is 0 Å². The molecule has 1 atom stereocenters. The third-order valence-electron chi connectivity index (χ3n) is 5.59. The number of benzene rings is 4. The molecule has 3 heteroatoms. The normalized spacial score (nSPS) is 11.5. The van der Waals surface area contributed by atoms with Gasteiger partial charge in [0.05, 0.1) is 7.11 Å². The summed E-state index contributed by atoms with van der Waals surface area (Å²) in [6.07, 6.45) is 0. The Morgan fingerprint density at radius 2 is 1.09 bits per heavy atom. The summed E-state index contributed by atoms with van der Waals surface area (Å²) in [5.74, 6) is -0.693. The van der Waals surface area contributed by atoms with E-state index in [-0.39, 0.29) is 5.97 Å². The summed E-state index contributed by atoms with van der Waals surface area (Å²) in [6, 6.07) is 39.0. The Balaban J connectivity index is 1.64. The van der Waals surface area contributed by atoms with Gasteiger partial charge in [-0.1, -0.05) is 103 Å². The maximum Gasteiger partial charge on any atom is 0.317 e. The molecule has 0 saturated carbocycles. The van der Waals surface area contributed by atoms with Gasteiger partial charge in [-0.25, -0.2) is 0 Å². The van der Waals surface area contributed by atoms with Gasteiger partial charge in [0.15, 0.2) is 0 Å². The maximum absolute atomic E-state index is 12.6. The summed E-state index contributed by atoms with van der Waals surface area (Å²) in [6.45, 7) is 1.60. The van der Waals surface area contributed by atoms with Crippen LogP contribution in [0.1, 0.15) is 28.2 Å². The van der Waals surface area contributed by atoms with E-state index in [9.17, 15) is 4.79 Å². The fraction of sp³-hybridized carbons (Fsp3) is 0.138. The molecule has 4 aromatic rings. The van der Waals surface area contributed by atoms with Crippen molar-refractivity contribution in [3.63, 3.8) is 0 Å². The van der Waals surface area contributed by atoms with Gasteiger partial charge in [-0.2, -0.15) is 0 Å². The van der Waals surface area contributed by atoms with E-state index < -0.39 is 5.92 Å². The highest BCUT2D eigenvalue weighted by atomic mass is 16.5. The molecule has 4 rings (SSSR count). The minimum atomic E-state index is -0.438. The highest BCUT2D eigenvalue weighted by Gasteiger charge is 2.23. The fourth-order valence-corrected chi connectivity index (χ4v) is 3.95. The van der Waals surface area contributed by atoms with Crippen LogP contribution in [0.4, 0.5) is 5.69 Å². The lowest BCUT2D eigenvalue weighted by atomic mass is 9.91. The Morgan fingerprint density at radius 3 is 1.56 bits per heavy atom. The average Bonchev–Trinajstić information content (AvgIpc) is 2.86. The molecule has 0 aliphatic rings. The van der Waals surface area contributed by atoms with Crippen molar-refractivity contribution < 1.29 is 9.53 Å². The molecule has 4 aromatic carbocycles. The second-order valence-electron chi connectivity index (χ2n) is 7.79. The van der Waals surface area contributed by atoms with Crippen molar-refractivity contribution in [2.75, 3.05) is 12.0 Å². The van der Waals surface area contributed by atoms with Crippen LogP contribution in [0.3, 0.4) is 0 Å². The summed E-state index contributed by atoms with van der Waals surface area (Å²) in [5.41, 5.74) is 5.47. The Bertz CT molecular complexity index is 1070. The Morgan fingerprint density at radius 1 is 0.656 bits per heavy atom. The van der Waals surface area contributed by atoms with Gasteiger partial charge in [-0.15, -0.1) is 0 Å². The van der Waals surface area contributed by atoms with E-state index in [1.807, 2.05) is 54.6 Å². The molecular weight excluding hydrogens is 394 g/mol. The van der Waals surface area contributed by atoms with Crippen LogP contribution in [-0.4, -0.2) is 13.1 Å². The molecule has 0 bridgehead atoms. The smallest absolute Gasteiger partial charge is 0.317 e. The zero-order valence-electron chi connectivity index (χ0n) is 18.2. The van der Waals surface area contributed by atoms with E-state index >= 15 is 0 Å². The molecule has 0 fully saturated rings. The van der Waals surface area contributed by atoms with Gasteiger partial charge in [-0.05, 0) is 34.4 Å². The summed E-state index contributed by atoms with van der Waals surface area (Å²) in [5, 5.41) is 0. The molecule has 32 heavy (non-hydrogen) atoms. The summed E-state index contributed by atoms with van der Waals surface area (Å²) < 4.78 is 5.11. The molecule has 0 radical (unpaired) electrons. The summed E-state index contributed by atoms with van der Waals surface area (Å²) in [7, 11) is 1.44. The van der Waals surface area contributed by atoms with Crippen molar-refractivity contribution in [1.82, 2.24) is 0 Å². The van der Waals surface area contributed by atoms with Crippen molar-refractivity contribution in [3.05, 3.63) is 138 Å². The quantitative estimate of drug-likeness (QED) is 0.317. The lowest BCUT2D eigenvalue weighted by Gasteiger charge is -2.26. The minimum Gasteiger partial charge on any atom is -0.468 e. The first-order valence-corrected chi connectivity index (χ1v) is 10.8. The van der Waals surface area contributed by atoms with Crippen LogP contribution in [0.5, 0.6) is 0 Å². The van der Waals surface area contributed by atoms with Crippen molar-refractivity contribution in [2.24, 2.45) is 0 Å². The number of rotatable bonds is 8. The SMILES string of the molecule is COC(=O)C(c1ccccc1)c1ccc(N(Cc2ccccc2)Cc2ccccc2)cc1. The van der Waals surface area contributed by atoms with Gasteiger partial charge in [0, 0.05) is 18.8 Å². The number of carbonyl (C=O) groups excluding carboxylic acids is 1. The second-order valence-corrected chi connectivity index (χ2v) is 7.79. The van der Waals surface area contributed by atoms with Crippen molar-refractivity contribution >= 4 is 11.7 Å². The number of anilines is 1. The van der Waals surface area contributed by atoms with E-state index in [1.165, 1.54) is 18.2 Å². The first-order valence-electron chi connectivity index (χ1n) is 10.8.